The van der Waals surface area contributed by atoms with Crippen LogP contribution in [0, 0.1) is 19.8 Å². The van der Waals surface area contributed by atoms with Crippen LogP contribution in [0.3, 0.4) is 0 Å². The topological polar surface area (TPSA) is 84.2 Å². The zero-order valence-corrected chi connectivity index (χ0v) is 14.1. The summed E-state index contributed by atoms with van der Waals surface area (Å²) < 4.78 is 29.3. The third-order valence-electron chi connectivity index (χ3n) is 4.50. The van der Waals surface area contributed by atoms with E-state index >= 15 is 0 Å². The van der Waals surface area contributed by atoms with Gasteiger partial charge >= 0.3 is 0 Å². The molecule has 0 spiro atoms. The molecule has 1 aliphatic rings. The number of benzene rings is 1. The smallest absolute Gasteiger partial charge is 0.279 e. The zero-order chi connectivity index (χ0) is 16.6. The van der Waals surface area contributed by atoms with Crippen molar-refractivity contribution in [3.05, 3.63) is 35.5 Å². The number of phenolic OH excluding ortho intramolecular Hbond substituents is 1. The number of hydrogen-bond donors (Lipinski definition) is 2. The Kier molecular flexibility index (Phi) is 4.06. The summed E-state index contributed by atoms with van der Waals surface area (Å²) >= 11 is 0. The Bertz CT molecular complexity index is 800. The molecule has 1 aromatic heterocycles. The number of rotatable bonds is 5. The van der Waals surface area contributed by atoms with Crippen molar-refractivity contribution in [2.75, 3.05) is 4.72 Å². The van der Waals surface area contributed by atoms with E-state index in [9.17, 15) is 13.5 Å². The van der Waals surface area contributed by atoms with Crippen LogP contribution in [-0.4, -0.2) is 23.3 Å². The lowest BCUT2D eigenvalue weighted by atomic mass is 9.85. The molecule has 1 aliphatic carbocycles. The molecule has 1 fully saturated rings. The summed E-state index contributed by atoms with van der Waals surface area (Å²) in [5, 5.41) is 14.2. The van der Waals surface area contributed by atoms with Gasteiger partial charge in [0.25, 0.3) is 10.0 Å². The SMILES string of the molecule is Cc1cc(NS(=O)(=O)c2ccnn2CC2CCC2)cc(O)c1C. The van der Waals surface area contributed by atoms with E-state index in [1.807, 2.05) is 6.92 Å². The fourth-order valence-corrected chi connectivity index (χ4v) is 3.88. The molecule has 0 atom stereocenters. The van der Waals surface area contributed by atoms with E-state index in [0.717, 1.165) is 24.0 Å². The highest BCUT2D eigenvalue weighted by molar-refractivity contribution is 7.92. The number of aromatic hydroxyl groups is 1. The molecule has 0 bridgehead atoms. The molecule has 23 heavy (non-hydrogen) atoms. The largest absolute Gasteiger partial charge is 0.508 e. The van der Waals surface area contributed by atoms with E-state index in [1.165, 1.54) is 24.8 Å². The Morgan fingerprint density at radius 2 is 2.09 bits per heavy atom. The lowest BCUT2D eigenvalue weighted by Gasteiger charge is -2.25. The molecule has 3 rings (SSSR count). The minimum atomic E-state index is -3.74. The molecule has 124 valence electrons. The maximum atomic E-state index is 12.6. The third-order valence-corrected chi connectivity index (χ3v) is 5.90. The summed E-state index contributed by atoms with van der Waals surface area (Å²) in [6.45, 7) is 4.24. The molecule has 1 heterocycles. The molecule has 0 aliphatic heterocycles. The van der Waals surface area contributed by atoms with Crippen molar-refractivity contribution in [3.8, 4) is 5.75 Å². The monoisotopic (exact) mass is 335 g/mol. The van der Waals surface area contributed by atoms with Gasteiger partial charge in [0.1, 0.15) is 5.75 Å². The zero-order valence-electron chi connectivity index (χ0n) is 13.3. The average Bonchev–Trinajstić information content (AvgIpc) is 2.89. The van der Waals surface area contributed by atoms with Crippen molar-refractivity contribution in [2.45, 2.75) is 44.7 Å². The summed E-state index contributed by atoms with van der Waals surface area (Å²) in [5.41, 5.74) is 1.91. The second-order valence-corrected chi connectivity index (χ2v) is 7.82. The second-order valence-electron chi connectivity index (χ2n) is 6.19. The predicted molar refractivity (Wildman–Crippen MR) is 88.0 cm³/mol. The van der Waals surface area contributed by atoms with Crippen LogP contribution in [0.4, 0.5) is 5.69 Å². The number of nitrogens with one attached hydrogen (secondary N) is 1. The van der Waals surface area contributed by atoms with Gasteiger partial charge in [-0.25, -0.2) is 0 Å². The van der Waals surface area contributed by atoms with Gasteiger partial charge in [0.05, 0.1) is 11.9 Å². The van der Waals surface area contributed by atoms with E-state index < -0.39 is 10.0 Å². The van der Waals surface area contributed by atoms with Gasteiger partial charge in [0.2, 0.25) is 0 Å². The fourth-order valence-electron chi connectivity index (χ4n) is 2.71. The van der Waals surface area contributed by atoms with E-state index in [0.29, 0.717) is 18.2 Å². The Labute approximate surface area is 136 Å². The molecule has 2 N–H and O–H groups in total. The summed E-state index contributed by atoms with van der Waals surface area (Å²) in [7, 11) is -3.74. The van der Waals surface area contributed by atoms with Gasteiger partial charge in [-0.05, 0) is 55.9 Å². The van der Waals surface area contributed by atoms with Crippen molar-refractivity contribution in [1.29, 1.82) is 0 Å². The van der Waals surface area contributed by atoms with Crippen molar-refractivity contribution in [3.63, 3.8) is 0 Å². The summed E-state index contributed by atoms with van der Waals surface area (Å²) in [6.07, 6.45) is 4.95. The van der Waals surface area contributed by atoms with Gasteiger partial charge in [-0.3, -0.25) is 9.40 Å². The van der Waals surface area contributed by atoms with Crippen molar-refractivity contribution in [1.82, 2.24) is 9.78 Å². The molecule has 0 radical (unpaired) electrons. The van der Waals surface area contributed by atoms with E-state index in [-0.39, 0.29) is 10.8 Å². The number of hydrogen-bond acceptors (Lipinski definition) is 4. The maximum absolute atomic E-state index is 12.6. The average molecular weight is 335 g/mol. The van der Waals surface area contributed by atoms with Crippen molar-refractivity contribution >= 4 is 15.7 Å². The van der Waals surface area contributed by atoms with Gasteiger partial charge < -0.3 is 5.11 Å². The predicted octanol–water partition coefficient (Wildman–Crippen LogP) is 2.81. The van der Waals surface area contributed by atoms with E-state index in [2.05, 4.69) is 9.82 Å². The van der Waals surface area contributed by atoms with Crippen LogP contribution in [0.25, 0.3) is 0 Å². The lowest BCUT2D eigenvalue weighted by Crippen LogP contribution is -2.23. The Balaban J connectivity index is 1.86. The molecule has 0 amide bonds. The standard InChI is InChI=1S/C16H21N3O3S/c1-11-8-14(9-15(20)12(11)2)18-23(21,22)16-6-7-17-19(16)10-13-4-3-5-13/h6-9,13,18,20H,3-5,10H2,1-2H3. The molecule has 0 unspecified atom stereocenters. The fraction of sp³-hybridized carbons (Fsp3) is 0.438. The van der Waals surface area contributed by atoms with Crippen LogP contribution < -0.4 is 4.72 Å². The number of phenols is 1. The molecule has 1 aromatic carbocycles. The highest BCUT2D eigenvalue weighted by atomic mass is 32.2. The quantitative estimate of drug-likeness (QED) is 0.880. The first-order chi connectivity index (χ1) is 10.9. The minimum absolute atomic E-state index is 0.0747. The van der Waals surface area contributed by atoms with Gasteiger partial charge in [-0.2, -0.15) is 13.5 Å². The van der Waals surface area contributed by atoms with E-state index in [1.54, 1.807) is 17.7 Å². The van der Waals surface area contributed by atoms with Crippen molar-refractivity contribution < 1.29 is 13.5 Å². The Morgan fingerprint density at radius 1 is 1.35 bits per heavy atom. The molecule has 7 heteroatoms. The molecular weight excluding hydrogens is 314 g/mol. The van der Waals surface area contributed by atoms with Crippen molar-refractivity contribution in [2.24, 2.45) is 5.92 Å². The van der Waals surface area contributed by atoms with Crippen LogP contribution in [-0.2, 0) is 16.6 Å². The van der Waals surface area contributed by atoms with Gasteiger partial charge in [-0.1, -0.05) is 6.42 Å². The van der Waals surface area contributed by atoms with Crippen LogP contribution in [0.2, 0.25) is 0 Å². The van der Waals surface area contributed by atoms with Crippen LogP contribution in [0.5, 0.6) is 5.75 Å². The van der Waals surface area contributed by atoms with Gasteiger partial charge in [-0.15, -0.1) is 0 Å². The number of sulfonamides is 1. The van der Waals surface area contributed by atoms with Gasteiger partial charge in [0.15, 0.2) is 5.03 Å². The summed E-state index contributed by atoms with van der Waals surface area (Å²) in [4.78, 5) is 0. The number of anilines is 1. The first kappa shape index (κ1) is 15.9. The number of aryl methyl sites for hydroxylation is 1. The lowest BCUT2D eigenvalue weighted by molar-refractivity contribution is 0.258. The van der Waals surface area contributed by atoms with Crippen LogP contribution >= 0.6 is 0 Å². The second kappa shape index (κ2) is 5.88. The molecule has 2 aromatic rings. The molecule has 1 saturated carbocycles. The first-order valence-electron chi connectivity index (χ1n) is 7.71. The number of nitrogens with zero attached hydrogens (tertiary/aromatic N) is 2. The summed E-state index contributed by atoms with van der Waals surface area (Å²) in [5.74, 6) is 0.584. The molecule has 6 nitrogen and oxygen atoms in total. The summed E-state index contributed by atoms with van der Waals surface area (Å²) in [6, 6.07) is 4.63. The van der Waals surface area contributed by atoms with Crippen LogP contribution in [0.1, 0.15) is 30.4 Å². The highest BCUT2D eigenvalue weighted by Crippen LogP contribution is 2.29. The Hall–Kier alpha value is -2.02. The normalized spacial score (nSPS) is 15.4. The molecule has 0 saturated heterocycles. The number of aromatic nitrogens is 2. The van der Waals surface area contributed by atoms with E-state index in [4.69, 9.17) is 0 Å². The maximum Gasteiger partial charge on any atom is 0.279 e. The minimum Gasteiger partial charge on any atom is -0.508 e. The highest BCUT2D eigenvalue weighted by Gasteiger charge is 2.24. The first-order valence-corrected chi connectivity index (χ1v) is 9.20. The Morgan fingerprint density at radius 3 is 2.70 bits per heavy atom. The van der Waals surface area contributed by atoms with Gasteiger partial charge in [0, 0.05) is 12.6 Å². The molecular formula is C16H21N3O3S. The third kappa shape index (κ3) is 3.19. The van der Waals surface area contributed by atoms with Crippen LogP contribution in [0.15, 0.2) is 29.4 Å².